The maximum Gasteiger partial charge on any atom is 0.339 e. The summed E-state index contributed by atoms with van der Waals surface area (Å²) in [7, 11) is 1.51. The van der Waals surface area contributed by atoms with Gasteiger partial charge in [-0.1, -0.05) is 11.6 Å². The SMILES string of the molecule is CCOC(=O)c1cc(-c2ccc(/C=N\NC(=O)COc3nc(C)c(Br)c(COC)c3C#N)o2)ccc1Cl. The van der Waals surface area contributed by atoms with Gasteiger partial charge in [0.15, 0.2) is 6.61 Å². The number of nitriles is 1. The molecule has 0 saturated carbocycles. The predicted molar refractivity (Wildman–Crippen MR) is 138 cm³/mol. The number of amides is 1. The molecule has 1 aromatic carbocycles. The number of nitrogens with zero attached hydrogens (tertiary/aromatic N) is 3. The van der Waals surface area contributed by atoms with Gasteiger partial charge >= 0.3 is 5.97 Å². The molecule has 0 atom stereocenters. The highest BCUT2D eigenvalue weighted by Gasteiger charge is 2.18. The third-order valence-electron chi connectivity index (χ3n) is 4.86. The Hall–Kier alpha value is -3.72. The highest BCUT2D eigenvalue weighted by Crippen LogP contribution is 2.30. The molecule has 37 heavy (non-hydrogen) atoms. The number of esters is 1. The van der Waals surface area contributed by atoms with Crippen molar-refractivity contribution in [2.24, 2.45) is 5.10 Å². The Balaban J connectivity index is 1.63. The molecule has 3 aromatic rings. The van der Waals surface area contributed by atoms with E-state index in [0.29, 0.717) is 32.8 Å². The average Bonchev–Trinajstić information content (AvgIpc) is 3.35. The van der Waals surface area contributed by atoms with Crippen LogP contribution in [0.5, 0.6) is 5.88 Å². The number of rotatable bonds is 10. The molecule has 0 radical (unpaired) electrons. The van der Waals surface area contributed by atoms with Gasteiger partial charge in [-0.15, -0.1) is 0 Å². The molecule has 1 amide bonds. The van der Waals surface area contributed by atoms with E-state index in [9.17, 15) is 14.9 Å². The molecule has 192 valence electrons. The van der Waals surface area contributed by atoms with Gasteiger partial charge in [0.05, 0.1) is 35.7 Å². The van der Waals surface area contributed by atoms with Crippen molar-refractivity contribution in [2.75, 3.05) is 20.3 Å². The summed E-state index contributed by atoms with van der Waals surface area (Å²) >= 11 is 9.50. The summed E-state index contributed by atoms with van der Waals surface area (Å²) in [4.78, 5) is 28.5. The van der Waals surface area contributed by atoms with E-state index in [0.717, 1.165) is 0 Å². The minimum Gasteiger partial charge on any atom is -0.467 e. The van der Waals surface area contributed by atoms with Crippen molar-refractivity contribution in [2.45, 2.75) is 20.5 Å². The maximum absolute atomic E-state index is 12.2. The number of ether oxygens (including phenoxy) is 3. The molecule has 0 aliphatic rings. The zero-order valence-electron chi connectivity index (χ0n) is 20.1. The second-order valence-electron chi connectivity index (χ2n) is 7.41. The van der Waals surface area contributed by atoms with Crippen LogP contribution in [0.1, 0.15) is 39.9 Å². The first-order chi connectivity index (χ1) is 17.8. The summed E-state index contributed by atoms with van der Waals surface area (Å²) in [6.45, 7) is 3.42. The van der Waals surface area contributed by atoms with Gasteiger partial charge in [-0.2, -0.15) is 10.4 Å². The van der Waals surface area contributed by atoms with Crippen molar-refractivity contribution >= 4 is 45.6 Å². The summed E-state index contributed by atoms with van der Waals surface area (Å²) in [5.74, 6) is -0.261. The van der Waals surface area contributed by atoms with Gasteiger partial charge in [0.1, 0.15) is 23.2 Å². The number of hydrogen-bond donors (Lipinski definition) is 1. The number of pyridine rings is 1. The van der Waals surface area contributed by atoms with Gasteiger partial charge in [0.2, 0.25) is 5.88 Å². The smallest absolute Gasteiger partial charge is 0.339 e. The molecule has 0 aliphatic carbocycles. The van der Waals surface area contributed by atoms with Crippen LogP contribution < -0.4 is 10.2 Å². The Kier molecular flexibility index (Phi) is 9.79. The average molecular weight is 590 g/mol. The Labute approximate surface area is 226 Å². The number of hydrogen-bond acceptors (Lipinski definition) is 9. The van der Waals surface area contributed by atoms with E-state index in [1.54, 1.807) is 44.2 Å². The third kappa shape index (κ3) is 6.95. The second kappa shape index (κ2) is 13.0. The first-order valence-corrected chi connectivity index (χ1v) is 12.1. The molecule has 1 N–H and O–H groups in total. The number of benzene rings is 1. The quantitative estimate of drug-likeness (QED) is 0.203. The van der Waals surface area contributed by atoms with Gasteiger partial charge in [-0.25, -0.2) is 15.2 Å². The molecule has 0 fully saturated rings. The summed E-state index contributed by atoms with van der Waals surface area (Å²) in [5, 5.41) is 13.7. The molecular formula is C25H22BrClN4O6. The largest absolute Gasteiger partial charge is 0.467 e. The van der Waals surface area contributed by atoms with Gasteiger partial charge in [0, 0.05) is 22.7 Å². The van der Waals surface area contributed by atoms with E-state index in [-0.39, 0.29) is 35.2 Å². The van der Waals surface area contributed by atoms with Crippen LogP contribution in [0.4, 0.5) is 0 Å². The minimum absolute atomic E-state index is 0.0233. The summed E-state index contributed by atoms with van der Waals surface area (Å²) in [6, 6.07) is 10.2. The lowest BCUT2D eigenvalue weighted by Gasteiger charge is -2.13. The lowest BCUT2D eigenvalue weighted by Crippen LogP contribution is -2.25. The molecule has 12 heteroatoms. The highest BCUT2D eigenvalue weighted by atomic mass is 79.9. The van der Waals surface area contributed by atoms with E-state index in [4.69, 9.17) is 30.2 Å². The van der Waals surface area contributed by atoms with E-state index in [1.165, 1.54) is 13.3 Å². The standard InChI is InChI=1S/C25H22BrClN4O6/c1-4-35-25(33)17-9-15(5-7-20(17)27)21-8-6-16(37-21)11-29-31-22(32)13-36-24-18(10-28)19(12-34-3)23(26)14(2)30-24/h5-9,11H,4,12-13H2,1-3H3,(H,31,32)/b29-11-. The number of hydrazone groups is 1. The fraction of sp³-hybridized carbons (Fsp3) is 0.240. The second-order valence-corrected chi connectivity index (χ2v) is 8.61. The van der Waals surface area contributed by atoms with Crippen molar-refractivity contribution in [1.29, 1.82) is 5.26 Å². The molecule has 2 aromatic heterocycles. The number of methoxy groups -OCH3 is 1. The highest BCUT2D eigenvalue weighted by molar-refractivity contribution is 9.10. The lowest BCUT2D eigenvalue weighted by atomic mass is 10.1. The van der Waals surface area contributed by atoms with Gasteiger partial charge in [-0.05, 0) is 60.1 Å². The Morgan fingerprint density at radius 2 is 2.11 bits per heavy atom. The molecule has 0 bridgehead atoms. The van der Waals surface area contributed by atoms with Crippen LogP contribution in [0.3, 0.4) is 0 Å². The summed E-state index contributed by atoms with van der Waals surface area (Å²) < 4.78 is 22.0. The van der Waals surface area contributed by atoms with Crippen LogP contribution >= 0.6 is 27.5 Å². The Morgan fingerprint density at radius 3 is 2.81 bits per heavy atom. The summed E-state index contributed by atoms with van der Waals surface area (Å²) in [5.41, 5.74) is 4.50. The lowest BCUT2D eigenvalue weighted by molar-refractivity contribution is -0.123. The molecule has 0 unspecified atom stereocenters. The first-order valence-electron chi connectivity index (χ1n) is 10.9. The van der Waals surface area contributed by atoms with E-state index < -0.39 is 18.5 Å². The Morgan fingerprint density at radius 1 is 1.32 bits per heavy atom. The van der Waals surface area contributed by atoms with Gasteiger partial charge in [-0.3, -0.25) is 4.79 Å². The topological polar surface area (TPSA) is 136 Å². The van der Waals surface area contributed by atoms with Crippen molar-refractivity contribution < 1.29 is 28.2 Å². The summed E-state index contributed by atoms with van der Waals surface area (Å²) in [6.07, 6.45) is 1.31. The van der Waals surface area contributed by atoms with Crippen molar-refractivity contribution in [1.82, 2.24) is 10.4 Å². The molecule has 2 heterocycles. The van der Waals surface area contributed by atoms with Gasteiger partial charge < -0.3 is 18.6 Å². The maximum atomic E-state index is 12.2. The predicted octanol–water partition coefficient (Wildman–Crippen LogP) is 4.79. The molecular weight excluding hydrogens is 568 g/mol. The van der Waals surface area contributed by atoms with Crippen LogP contribution in [-0.2, 0) is 20.9 Å². The van der Waals surface area contributed by atoms with Crippen LogP contribution in [0.2, 0.25) is 5.02 Å². The van der Waals surface area contributed by atoms with E-state index in [1.807, 2.05) is 6.07 Å². The van der Waals surface area contributed by atoms with Crippen LogP contribution in [0, 0.1) is 18.3 Å². The fourth-order valence-electron chi connectivity index (χ4n) is 3.17. The van der Waals surface area contributed by atoms with Crippen molar-refractivity contribution in [3.05, 3.63) is 68.0 Å². The molecule has 0 spiro atoms. The molecule has 3 rings (SSSR count). The van der Waals surface area contributed by atoms with Crippen LogP contribution in [-0.4, -0.2) is 43.4 Å². The monoisotopic (exact) mass is 588 g/mol. The van der Waals surface area contributed by atoms with Gasteiger partial charge in [0.25, 0.3) is 5.91 Å². The number of carbonyl (C=O) groups excluding carboxylic acids is 2. The fourth-order valence-corrected chi connectivity index (χ4v) is 3.77. The first kappa shape index (κ1) is 27.9. The zero-order chi connectivity index (χ0) is 26.9. The van der Waals surface area contributed by atoms with Crippen LogP contribution in [0.15, 0.2) is 44.3 Å². The normalized spacial score (nSPS) is 10.8. The molecule has 0 aliphatic heterocycles. The number of furan rings is 1. The molecule has 10 nitrogen and oxygen atoms in total. The zero-order valence-corrected chi connectivity index (χ0v) is 22.5. The van der Waals surface area contributed by atoms with E-state index >= 15 is 0 Å². The van der Waals surface area contributed by atoms with Crippen LogP contribution in [0.25, 0.3) is 11.3 Å². The number of nitrogens with one attached hydrogen (secondary N) is 1. The minimum atomic E-state index is -0.570. The number of halogens is 2. The van der Waals surface area contributed by atoms with Crippen molar-refractivity contribution in [3.8, 4) is 23.3 Å². The Bertz CT molecular complexity index is 1380. The number of aryl methyl sites for hydroxylation is 1. The number of carbonyl (C=O) groups is 2. The van der Waals surface area contributed by atoms with E-state index in [2.05, 4.69) is 31.4 Å². The molecule has 0 saturated heterocycles. The number of aromatic nitrogens is 1. The van der Waals surface area contributed by atoms with Crippen molar-refractivity contribution in [3.63, 3.8) is 0 Å². The third-order valence-corrected chi connectivity index (χ3v) is 6.24.